The molecule has 0 radical (unpaired) electrons. The van der Waals surface area contributed by atoms with Gasteiger partial charge in [0.05, 0.1) is 0 Å². The minimum Gasteiger partial charge on any atom is -0.462 e. The summed E-state index contributed by atoms with van der Waals surface area (Å²) >= 11 is 0. The predicted octanol–water partition coefficient (Wildman–Crippen LogP) is 25.5. The van der Waals surface area contributed by atoms with Gasteiger partial charge in [-0.25, -0.2) is 0 Å². The zero-order valence-electron chi connectivity index (χ0n) is 55.5. The van der Waals surface area contributed by atoms with Gasteiger partial charge in [0, 0.05) is 19.3 Å². The molecule has 82 heavy (non-hydrogen) atoms. The third-order valence-corrected chi connectivity index (χ3v) is 16.9. The Kier molecular flexibility index (Phi) is 69.1. The van der Waals surface area contributed by atoms with Crippen molar-refractivity contribution >= 4 is 17.9 Å². The Bertz CT molecular complexity index is 1370. The fourth-order valence-corrected chi connectivity index (χ4v) is 11.3. The van der Waals surface area contributed by atoms with E-state index in [1.807, 2.05) is 0 Å². The van der Waals surface area contributed by atoms with Crippen LogP contribution in [0.15, 0.2) is 36.5 Å². The number of hydrogen-bond donors (Lipinski definition) is 0. The average Bonchev–Trinajstić information content (AvgIpc) is 3.47. The van der Waals surface area contributed by atoms with Gasteiger partial charge in [-0.05, 0) is 57.8 Å². The fourth-order valence-electron chi connectivity index (χ4n) is 11.3. The number of carbonyl (C=O) groups is 3. The molecule has 0 aliphatic carbocycles. The van der Waals surface area contributed by atoms with E-state index in [1.165, 1.54) is 295 Å². The molecule has 482 valence electrons. The molecule has 6 heteroatoms. The Morgan fingerprint density at radius 2 is 0.439 bits per heavy atom. The number of allylic oxidation sites excluding steroid dienone is 6. The minimum absolute atomic E-state index is 0.0717. The summed E-state index contributed by atoms with van der Waals surface area (Å²) in [5, 5.41) is 0. The van der Waals surface area contributed by atoms with Crippen molar-refractivity contribution in [2.45, 2.75) is 419 Å². The highest BCUT2D eigenvalue weighted by Crippen LogP contribution is 2.19. The number of esters is 3. The van der Waals surface area contributed by atoms with Crippen LogP contribution in [-0.4, -0.2) is 37.2 Å². The van der Waals surface area contributed by atoms with Crippen molar-refractivity contribution in [1.82, 2.24) is 0 Å². The molecule has 1 unspecified atom stereocenters. The molecule has 0 amide bonds. The maximum Gasteiger partial charge on any atom is 0.306 e. The van der Waals surface area contributed by atoms with Gasteiger partial charge in [-0.1, -0.05) is 372 Å². The molecule has 0 aromatic carbocycles. The number of ether oxygens (including phenoxy) is 3. The van der Waals surface area contributed by atoms with E-state index in [0.29, 0.717) is 19.3 Å². The fraction of sp³-hybridized carbons (Fsp3) is 0.882. The minimum atomic E-state index is -0.777. The van der Waals surface area contributed by atoms with E-state index in [0.717, 1.165) is 77.0 Å². The predicted molar refractivity (Wildman–Crippen MR) is 358 cm³/mol. The van der Waals surface area contributed by atoms with E-state index in [4.69, 9.17) is 14.2 Å². The van der Waals surface area contributed by atoms with Crippen LogP contribution in [0, 0.1) is 0 Å². The summed E-state index contributed by atoms with van der Waals surface area (Å²) < 4.78 is 17.0. The van der Waals surface area contributed by atoms with Crippen LogP contribution < -0.4 is 0 Å². The van der Waals surface area contributed by atoms with Crippen LogP contribution in [0.2, 0.25) is 0 Å². The molecule has 0 aromatic heterocycles. The molecule has 0 N–H and O–H groups in total. The molecule has 1 atom stereocenters. The van der Waals surface area contributed by atoms with E-state index in [2.05, 4.69) is 57.2 Å². The zero-order valence-corrected chi connectivity index (χ0v) is 55.5. The van der Waals surface area contributed by atoms with Crippen LogP contribution in [0.1, 0.15) is 412 Å². The van der Waals surface area contributed by atoms with Crippen molar-refractivity contribution < 1.29 is 28.6 Å². The van der Waals surface area contributed by atoms with Crippen molar-refractivity contribution in [2.24, 2.45) is 0 Å². The number of carbonyl (C=O) groups excluding carboxylic acids is 3. The van der Waals surface area contributed by atoms with E-state index in [1.54, 1.807) is 0 Å². The largest absolute Gasteiger partial charge is 0.462 e. The molecule has 0 bridgehead atoms. The van der Waals surface area contributed by atoms with Gasteiger partial charge in [-0.3, -0.25) is 14.4 Å². The molecular formula is C76H142O6. The van der Waals surface area contributed by atoms with Crippen LogP contribution in [0.4, 0.5) is 0 Å². The Labute approximate surface area is 512 Å². The highest BCUT2D eigenvalue weighted by molar-refractivity contribution is 5.71. The molecule has 6 nitrogen and oxygen atoms in total. The first kappa shape index (κ1) is 79.6. The van der Waals surface area contributed by atoms with E-state index < -0.39 is 6.10 Å². The maximum absolute atomic E-state index is 13.0. The third-order valence-electron chi connectivity index (χ3n) is 16.9. The lowest BCUT2D eigenvalue weighted by Gasteiger charge is -2.18. The Morgan fingerprint density at radius 3 is 0.707 bits per heavy atom. The SMILES string of the molecule is CCCCC/C=C\C/C=C\C/C=C\CCCCCCCCC(=O)OC(COC(=O)CCCCCCCCCCCCCCCCCC)COC(=O)CCCCCCCCCCCCCCCCCCCCCCCCCCCCCCC. The van der Waals surface area contributed by atoms with Gasteiger partial charge in [0.2, 0.25) is 0 Å². The van der Waals surface area contributed by atoms with E-state index in [9.17, 15) is 14.4 Å². The van der Waals surface area contributed by atoms with Crippen molar-refractivity contribution in [1.29, 1.82) is 0 Å². The molecule has 0 aromatic rings. The Hall–Kier alpha value is -2.37. The van der Waals surface area contributed by atoms with Crippen molar-refractivity contribution in [3.8, 4) is 0 Å². The van der Waals surface area contributed by atoms with Gasteiger partial charge in [0.15, 0.2) is 6.10 Å². The van der Waals surface area contributed by atoms with Gasteiger partial charge in [0.25, 0.3) is 0 Å². The summed E-state index contributed by atoms with van der Waals surface area (Å²) in [5.41, 5.74) is 0. The number of rotatable bonds is 69. The quantitative estimate of drug-likeness (QED) is 0.0261. The molecule has 0 spiro atoms. The molecule has 0 rings (SSSR count). The molecule has 0 saturated heterocycles. The molecule has 0 aliphatic heterocycles. The lowest BCUT2D eigenvalue weighted by Crippen LogP contribution is -2.30. The second kappa shape index (κ2) is 71.1. The van der Waals surface area contributed by atoms with Crippen LogP contribution in [0.3, 0.4) is 0 Å². The number of hydrogen-bond acceptors (Lipinski definition) is 6. The Morgan fingerprint density at radius 1 is 0.244 bits per heavy atom. The van der Waals surface area contributed by atoms with E-state index >= 15 is 0 Å². The standard InChI is InChI=1S/C76H142O6/c1-4-7-10-13-16-19-22-25-28-31-33-34-35-36-37-38-39-40-41-42-44-45-48-51-54-57-60-63-66-69-75(78)81-72-73(71-80-74(77)68-65-62-59-56-53-50-47-30-27-24-21-18-15-12-9-6-3)82-76(79)70-67-64-61-58-55-52-49-46-43-32-29-26-23-20-17-14-11-8-5-2/h17,20,26,29,43,46,73H,4-16,18-19,21-25,27-28,30-42,44-45,47-72H2,1-3H3/b20-17-,29-26-,46-43-. The molecular weight excluding hydrogens is 1010 g/mol. The number of unbranched alkanes of at least 4 members (excludes halogenated alkanes) is 52. The van der Waals surface area contributed by atoms with Crippen LogP contribution >= 0.6 is 0 Å². The highest BCUT2D eigenvalue weighted by atomic mass is 16.6. The maximum atomic E-state index is 13.0. The third kappa shape index (κ3) is 68.4. The smallest absolute Gasteiger partial charge is 0.306 e. The van der Waals surface area contributed by atoms with Crippen LogP contribution in [0.5, 0.6) is 0 Å². The first-order chi connectivity index (χ1) is 40.5. The van der Waals surface area contributed by atoms with Gasteiger partial charge in [-0.2, -0.15) is 0 Å². The normalized spacial score (nSPS) is 12.2. The lowest BCUT2D eigenvalue weighted by atomic mass is 10.0. The Balaban J connectivity index is 4.22. The van der Waals surface area contributed by atoms with Crippen molar-refractivity contribution in [3.63, 3.8) is 0 Å². The monoisotopic (exact) mass is 1150 g/mol. The second-order valence-electron chi connectivity index (χ2n) is 25.2. The first-order valence-corrected chi connectivity index (χ1v) is 37.0. The van der Waals surface area contributed by atoms with Crippen molar-refractivity contribution in [2.75, 3.05) is 13.2 Å². The van der Waals surface area contributed by atoms with Crippen molar-refractivity contribution in [3.05, 3.63) is 36.5 Å². The van der Waals surface area contributed by atoms with E-state index in [-0.39, 0.29) is 31.1 Å². The summed E-state index contributed by atoms with van der Waals surface area (Å²) in [4.78, 5) is 38.5. The molecule has 0 fully saturated rings. The molecule has 0 aliphatic rings. The van der Waals surface area contributed by atoms with Crippen LogP contribution in [0.25, 0.3) is 0 Å². The molecule has 0 heterocycles. The summed E-state index contributed by atoms with van der Waals surface area (Å²) in [6.07, 6.45) is 89.0. The van der Waals surface area contributed by atoms with Gasteiger partial charge in [0.1, 0.15) is 13.2 Å². The van der Waals surface area contributed by atoms with Crippen LogP contribution in [-0.2, 0) is 28.6 Å². The van der Waals surface area contributed by atoms with Gasteiger partial charge < -0.3 is 14.2 Å². The van der Waals surface area contributed by atoms with Gasteiger partial charge >= 0.3 is 17.9 Å². The van der Waals surface area contributed by atoms with Gasteiger partial charge in [-0.15, -0.1) is 0 Å². The first-order valence-electron chi connectivity index (χ1n) is 37.0. The zero-order chi connectivity index (χ0) is 59.2. The topological polar surface area (TPSA) is 78.9 Å². The highest BCUT2D eigenvalue weighted by Gasteiger charge is 2.20. The summed E-state index contributed by atoms with van der Waals surface area (Å²) in [6, 6.07) is 0. The summed E-state index contributed by atoms with van der Waals surface area (Å²) in [7, 11) is 0. The molecule has 0 saturated carbocycles. The second-order valence-corrected chi connectivity index (χ2v) is 25.2. The lowest BCUT2D eigenvalue weighted by molar-refractivity contribution is -0.167. The summed E-state index contributed by atoms with van der Waals surface area (Å²) in [5.74, 6) is -0.852. The summed E-state index contributed by atoms with van der Waals surface area (Å²) in [6.45, 7) is 6.69. The average molecular weight is 1150 g/mol.